The van der Waals surface area contributed by atoms with Gasteiger partial charge >= 0.3 is 0 Å². The Balaban J connectivity index is 3.09. The summed E-state index contributed by atoms with van der Waals surface area (Å²) < 4.78 is 13.9. The van der Waals surface area contributed by atoms with E-state index in [2.05, 4.69) is 22.6 Å². The molecule has 0 nitrogen and oxygen atoms in total. The van der Waals surface area contributed by atoms with Crippen LogP contribution < -0.4 is 0 Å². The fourth-order valence-corrected chi connectivity index (χ4v) is 1.37. The van der Waals surface area contributed by atoms with Gasteiger partial charge in [0, 0.05) is 3.57 Å². The van der Waals surface area contributed by atoms with Gasteiger partial charge in [-0.25, -0.2) is 4.39 Å². The molecule has 0 aliphatic heterocycles. The fourth-order valence-electron chi connectivity index (χ4n) is 0.814. The van der Waals surface area contributed by atoms with Gasteiger partial charge in [-0.3, -0.25) is 0 Å². The fraction of sp³-hybridized carbons (Fsp3) is 0.250. The highest BCUT2D eigenvalue weighted by Crippen LogP contribution is 2.12. The van der Waals surface area contributed by atoms with Crippen molar-refractivity contribution in [2.24, 2.45) is 0 Å². The van der Waals surface area contributed by atoms with Gasteiger partial charge in [-0.05, 0) is 52.8 Å². The first kappa shape index (κ1) is 7.98. The van der Waals surface area contributed by atoms with Crippen LogP contribution in [-0.4, -0.2) is 0 Å². The largest absolute Gasteiger partial charge is 0.207 e. The maximum absolute atomic E-state index is 12.8. The number of hydrogen-bond donors (Lipinski definition) is 0. The number of halogens is 2. The molecule has 0 radical (unpaired) electrons. The van der Waals surface area contributed by atoms with Crippen molar-refractivity contribution in [3.8, 4) is 0 Å². The molecule has 0 spiro atoms. The first-order valence-corrected chi connectivity index (χ1v) is 4.26. The van der Waals surface area contributed by atoms with E-state index in [9.17, 15) is 4.39 Å². The smallest absolute Gasteiger partial charge is 0.126 e. The molecular formula is C8H8FI. The maximum Gasteiger partial charge on any atom is 0.126 e. The molecule has 10 heavy (non-hydrogen) atoms. The van der Waals surface area contributed by atoms with Gasteiger partial charge in [-0.1, -0.05) is 6.92 Å². The summed E-state index contributed by atoms with van der Waals surface area (Å²) in [7, 11) is 0. The van der Waals surface area contributed by atoms with E-state index >= 15 is 0 Å². The molecule has 1 aromatic carbocycles. The van der Waals surface area contributed by atoms with Crippen LogP contribution in [0.15, 0.2) is 18.2 Å². The SMILES string of the molecule is CCc1cc(I)ccc1F. The van der Waals surface area contributed by atoms with Gasteiger partial charge < -0.3 is 0 Å². The monoisotopic (exact) mass is 250 g/mol. The van der Waals surface area contributed by atoms with Crippen LogP contribution in [0.25, 0.3) is 0 Å². The molecule has 0 saturated heterocycles. The minimum absolute atomic E-state index is 0.0945. The molecule has 1 rings (SSSR count). The third-order valence-corrected chi connectivity index (χ3v) is 2.06. The van der Waals surface area contributed by atoms with Crippen LogP contribution in [-0.2, 0) is 6.42 Å². The molecule has 54 valence electrons. The topological polar surface area (TPSA) is 0 Å². The van der Waals surface area contributed by atoms with Gasteiger partial charge in [0.15, 0.2) is 0 Å². The van der Waals surface area contributed by atoms with Crippen molar-refractivity contribution < 1.29 is 4.39 Å². The zero-order valence-corrected chi connectivity index (χ0v) is 7.85. The Bertz CT molecular complexity index is 233. The van der Waals surface area contributed by atoms with E-state index in [1.165, 1.54) is 6.07 Å². The van der Waals surface area contributed by atoms with Crippen LogP contribution in [0.5, 0.6) is 0 Å². The normalized spacial score (nSPS) is 9.90. The molecule has 0 saturated carbocycles. The summed E-state index contributed by atoms with van der Waals surface area (Å²) in [6.07, 6.45) is 0.767. The highest BCUT2D eigenvalue weighted by molar-refractivity contribution is 14.1. The van der Waals surface area contributed by atoms with Crippen LogP contribution in [0.3, 0.4) is 0 Å². The Kier molecular flexibility index (Phi) is 2.65. The summed E-state index contributed by atoms with van der Waals surface area (Å²) in [4.78, 5) is 0. The summed E-state index contributed by atoms with van der Waals surface area (Å²) in [5, 5.41) is 0. The second kappa shape index (κ2) is 3.32. The molecule has 0 aromatic heterocycles. The summed E-state index contributed by atoms with van der Waals surface area (Å²) in [6, 6.07) is 5.16. The average Bonchev–Trinajstić information content (AvgIpc) is 1.94. The molecule has 0 aliphatic carbocycles. The lowest BCUT2D eigenvalue weighted by molar-refractivity contribution is 0.612. The van der Waals surface area contributed by atoms with Gasteiger partial charge in [-0.2, -0.15) is 0 Å². The van der Waals surface area contributed by atoms with Crippen LogP contribution in [0.4, 0.5) is 4.39 Å². The summed E-state index contributed by atoms with van der Waals surface area (Å²) in [5.41, 5.74) is 0.798. The molecule has 2 heteroatoms. The van der Waals surface area contributed by atoms with Gasteiger partial charge in [0.05, 0.1) is 0 Å². The number of hydrogen-bond acceptors (Lipinski definition) is 0. The van der Waals surface area contributed by atoms with Crippen LogP contribution >= 0.6 is 22.6 Å². The van der Waals surface area contributed by atoms with Crippen molar-refractivity contribution in [1.82, 2.24) is 0 Å². The quantitative estimate of drug-likeness (QED) is 0.672. The van der Waals surface area contributed by atoms with Gasteiger partial charge in [0.2, 0.25) is 0 Å². The van der Waals surface area contributed by atoms with Crippen molar-refractivity contribution in [3.05, 3.63) is 33.1 Å². The van der Waals surface area contributed by atoms with Crippen molar-refractivity contribution in [2.45, 2.75) is 13.3 Å². The predicted molar refractivity (Wildman–Crippen MR) is 48.5 cm³/mol. The van der Waals surface area contributed by atoms with Gasteiger partial charge in [0.25, 0.3) is 0 Å². The Hall–Kier alpha value is -0.120. The zero-order valence-electron chi connectivity index (χ0n) is 5.70. The Labute approximate surface area is 73.6 Å². The molecule has 1 aromatic rings. The standard InChI is InChI=1S/C8H8FI/c1-2-6-5-7(10)3-4-8(6)9/h3-5H,2H2,1H3. The average molecular weight is 250 g/mol. The number of rotatable bonds is 1. The lowest BCUT2D eigenvalue weighted by Crippen LogP contribution is -1.87. The Morgan fingerprint density at radius 2 is 2.20 bits per heavy atom. The van der Waals surface area contributed by atoms with Crippen molar-refractivity contribution >= 4 is 22.6 Å². The molecule has 0 heterocycles. The highest BCUT2D eigenvalue weighted by atomic mass is 127. The summed E-state index contributed by atoms with van der Waals surface area (Å²) in [5.74, 6) is -0.0945. The van der Waals surface area contributed by atoms with Gasteiger partial charge in [-0.15, -0.1) is 0 Å². The van der Waals surface area contributed by atoms with E-state index in [1.54, 1.807) is 6.07 Å². The lowest BCUT2D eigenvalue weighted by atomic mass is 10.2. The predicted octanol–water partition coefficient (Wildman–Crippen LogP) is 2.99. The van der Waals surface area contributed by atoms with Crippen molar-refractivity contribution in [2.75, 3.05) is 0 Å². The molecule has 0 amide bonds. The first-order valence-electron chi connectivity index (χ1n) is 3.18. The van der Waals surface area contributed by atoms with E-state index in [1.807, 2.05) is 13.0 Å². The van der Waals surface area contributed by atoms with Crippen molar-refractivity contribution in [3.63, 3.8) is 0 Å². The Morgan fingerprint density at radius 1 is 1.50 bits per heavy atom. The molecule has 0 aliphatic rings. The van der Waals surface area contributed by atoms with Crippen LogP contribution in [0.1, 0.15) is 12.5 Å². The van der Waals surface area contributed by atoms with E-state index in [-0.39, 0.29) is 5.82 Å². The zero-order chi connectivity index (χ0) is 7.56. The van der Waals surface area contributed by atoms with Gasteiger partial charge in [0.1, 0.15) is 5.82 Å². The molecule has 0 bridgehead atoms. The second-order valence-corrected chi connectivity index (χ2v) is 3.33. The highest BCUT2D eigenvalue weighted by Gasteiger charge is 1.98. The maximum atomic E-state index is 12.8. The molecule has 0 atom stereocenters. The molecule has 0 unspecified atom stereocenters. The van der Waals surface area contributed by atoms with E-state index < -0.39 is 0 Å². The third kappa shape index (κ3) is 1.68. The summed E-state index contributed by atoms with van der Waals surface area (Å²) in [6.45, 7) is 1.95. The third-order valence-electron chi connectivity index (χ3n) is 1.39. The van der Waals surface area contributed by atoms with Crippen LogP contribution in [0, 0.1) is 9.39 Å². The first-order chi connectivity index (χ1) is 4.74. The minimum Gasteiger partial charge on any atom is -0.207 e. The van der Waals surface area contributed by atoms with E-state index in [0.29, 0.717) is 0 Å². The molecule has 0 fully saturated rings. The number of aryl methyl sites for hydroxylation is 1. The van der Waals surface area contributed by atoms with Crippen LogP contribution in [0.2, 0.25) is 0 Å². The van der Waals surface area contributed by atoms with E-state index in [0.717, 1.165) is 15.6 Å². The van der Waals surface area contributed by atoms with E-state index in [4.69, 9.17) is 0 Å². The number of benzene rings is 1. The second-order valence-electron chi connectivity index (χ2n) is 2.09. The molecular weight excluding hydrogens is 242 g/mol. The summed E-state index contributed by atoms with van der Waals surface area (Å²) >= 11 is 2.18. The van der Waals surface area contributed by atoms with Crippen molar-refractivity contribution in [1.29, 1.82) is 0 Å². The lowest BCUT2D eigenvalue weighted by Gasteiger charge is -1.98. The Morgan fingerprint density at radius 3 is 2.70 bits per heavy atom. The molecule has 0 N–H and O–H groups in total. The minimum atomic E-state index is -0.0945.